The Morgan fingerprint density at radius 1 is 1.29 bits per heavy atom. The molecular weight excluding hydrogens is 306 g/mol. The first kappa shape index (κ1) is 16.8. The summed E-state index contributed by atoms with van der Waals surface area (Å²) in [5.74, 6) is 2.40. The lowest BCUT2D eigenvalue weighted by Crippen LogP contribution is -2.30. The standard InChI is InChI=1S/C18H25N3O3/c1-13-8-9-15(23-13)18(2,22)12-20-16-10-19-11-17(21-16)24-14-6-4-3-5-7-14/h8-11,14,22H,3-7,12H2,1-2H3,(H,20,21). The van der Waals surface area contributed by atoms with Gasteiger partial charge in [-0.05, 0) is 51.7 Å². The van der Waals surface area contributed by atoms with E-state index in [9.17, 15) is 5.11 Å². The SMILES string of the molecule is Cc1ccc(C(C)(O)CNc2cncc(OC3CCCCC3)n2)o1. The third kappa shape index (κ3) is 4.26. The second kappa shape index (κ2) is 7.21. The second-order valence-corrected chi connectivity index (χ2v) is 6.66. The average Bonchev–Trinajstić information content (AvgIpc) is 3.02. The lowest BCUT2D eigenvalue weighted by molar-refractivity contribution is 0.0467. The molecular formula is C18H25N3O3. The summed E-state index contributed by atoms with van der Waals surface area (Å²) in [6, 6.07) is 3.62. The summed E-state index contributed by atoms with van der Waals surface area (Å²) in [7, 11) is 0. The van der Waals surface area contributed by atoms with Gasteiger partial charge in [0.25, 0.3) is 0 Å². The van der Waals surface area contributed by atoms with Gasteiger partial charge in [-0.1, -0.05) is 6.42 Å². The Hall–Kier alpha value is -2.08. The van der Waals surface area contributed by atoms with Crippen molar-refractivity contribution < 1.29 is 14.3 Å². The van der Waals surface area contributed by atoms with Crippen LogP contribution in [0.15, 0.2) is 28.9 Å². The molecule has 24 heavy (non-hydrogen) atoms. The van der Waals surface area contributed by atoms with E-state index < -0.39 is 5.60 Å². The summed E-state index contributed by atoms with van der Waals surface area (Å²) in [5.41, 5.74) is -1.13. The van der Waals surface area contributed by atoms with Crippen molar-refractivity contribution in [2.45, 2.75) is 57.7 Å². The van der Waals surface area contributed by atoms with Gasteiger partial charge in [-0.3, -0.25) is 4.98 Å². The Morgan fingerprint density at radius 2 is 2.08 bits per heavy atom. The first-order chi connectivity index (χ1) is 11.5. The highest BCUT2D eigenvalue weighted by Crippen LogP contribution is 2.24. The molecule has 0 aromatic carbocycles. The monoisotopic (exact) mass is 331 g/mol. The number of aliphatic hydroxyl groups is 1. The molecule has 0 bridgehead atoms. The van der Waals surface area contributed by atoms with Gasteiger partial charge in [0, 0.05) is 0 Å². The van der Waals surface area contributed by atoms with Gasteiger partial charge in [0.2, 0.25) is 5.88 Å². The van der Waals surface area contributed by atoms with E-state index in [2.05, 4.69) is 15.3 Å². The molecule has 2 aromatic heterocycles. The number of anilines is 1. The normalized spacial score (nSPS) is 18.1. The highest BCUT2D eigenvalue weighted by Gasteiger charge is 2.27. The molecule has 6 heteroatoms. The largest absolute Gasteiger partial charge is 0.473 e. The van der Waals surface area contributed by atoms with E-state index in [-0.39, 0.29) is 12.6 Å². The van der Waals surface area contributed by atoms with Crippen LogP contribution in [0.1, 0.15) is 50.5 Å². The first-order valence-corrected chi connectivity index (χ1v) is 8.55. The predicted molar refractivity (Wildman–Crippen MR) is 91.0 cm³/mol. The molecule has 2 heterocycles. The number of ether oxygens (including phenoxy) is 1. The van der Waals surface area contributed by atoms with Crippen LogP contribution < -0.4 is 10.1 Å². The Kier molecular flexibility index (Phi) is 5.04. The van der Waals surface area contributed by atoms with E-state index in [0.29, 0.717) is 17.5 Å². The Balaban J connectivity index is 1.59. The smallest absolute Gasteiger partial charge is 0.234 e. The van der Waals surface area contributed by atoms with E-state index in [1.807, 2.05) is 13.0 Å². The summed E-state index contributed by atoms with van der Waals surface area (Å²) < 4.78 is 11.4. The number of aryl methyl sites for hydroxylation is 1. The van der Waals surface area contributed by atoms with Gasteiger partial charge >= 0.3 is 0 Å². The third-order valence-corrected chi connectivity index (χ3v) is 4.34. The van der Waals surface area contributed by atoms with Gasteiger partial charge in [-0.2, -0.15) is 4.98 Å². The van der Waals surface area contributed by atoms with Gasteiger partial charge in [0.05, 0.1) is 18.9 Å². The van der Waals surface area contributed by atoms with Crippen molar-refractivity contribution in [3.63, 3.8) is 0 Å². The van der Waals surface area contributed by atoms with Gasteiger partial charge in [0.1, 0.15) is 29.0 Å². The zero-order chi connectivity index (χ0) is 17.0. The molecule has 1 atom stereocenters. The number of furan rings is 1. The molecule has 2 N–H and O–H groups in total. The van der Waals surface area contributed by atoms with Crippen LogP contribution in [0.25, 0.3) is 0 Å². The Morgan fingerprint density at radius 3 is 2.79 bits per heavy atom. The minimum Gasteiger partial charge on any atom is -0.473 e. The van der Waals surface area contributed by atoms with Crippen LogP contribution >= 0.6 is 0 Å². The van der Waals surface area contributed by atoms with Crippen LogP contribution in [0.5, 0.6) is 5.88 Å². The van der Waals surface area contributed by atoms with Crippen LogP contribution in [0.4, 0.5) is 5.82 Å². The third-order valence-electron chi connectivity index (χ3n) is 4.34. The van der Waals surface area contributed by atoms with Crippen molar-refractivity contribution in [3.8, 4) is 5.88 Å². The topological polar surface area (TPSA) is 80.4 Å². The van der Waals surface area contributed by atoms with Crippen molar-refractivity contribution in [1.82, 2.24) is 9.97 Å². The molecule has 2 aromatic rings. The number of nitrogens with zero attached hydrogens (tertiary/aromatic N) is 2. The van der Waals surface area contributed by atoms with E-state index in [0.717, 1.165) is 18.6 Å². The van der Waals surface area contributed by atoms with Gasteiger partial charge in [0.15, 0.2) is 0 Å². The van der Waals surface area contributed by atoms with Crippen molar-refractivity contribution in [1.29, 1.82) is 0 Å². The van der Waals surface area contributed by atoms with Crippen LogP contribution in [0.3, 0.4) is 0 Å². The molecule has 1 saturated carbocycles. The fourth-order valence-electron chi connectivity index (χ4n) is 2.92. The molecule has 1 aliphatic rings. The number of hydrogen-bond donors (Lipinski definition) is 2. The van der Waals surface area contributed by atoms with E-state index in [4.69, 9.17) is 9.15 Å². The van der Waals surface area contributed by atoms with Crippen LogP contribution in [-0.2, 0) is 5.60 Å². The maximum Gasteiger partial charge on any atom is 0.234 e. The van der Waals surface area contributed by atoms with Gasteiger partial charge < -0.3 is 19.6 Å². The average molecular weight is 331 g/mol. The number of hydrogen-bond acceptors (Lipinski definition) is 6. The van der Waals surface area contributed by atoms with Crippen LogP contribution in [0.2, 0.25) is 0 Å². The fourth-order valence-corrected chi connectivity index (χ4v) is 2.92. The molecule has 0 spiro atoms. The van der Waals surface area contributed by atoms with Crippen LogP contribution in [0, 0.1) is 6.92 Å². The van der Waals surface area contributed by atoms with Crippen molar-refractivity contribution in [2.24, 2.45) is 0 Å². The van der Waals surface area contributed by atoms with Crippen molar-refractivity contribution in [3.05, 3.63) is 36.0 Å². The molecule has 0 radical (unpaired) electrons. The second-order valence-electron chi connectivity index (χ2n) is 6.66. The maximum atomic E-state index is 10.6. The minimum absolute atomic E-state index is 0.234. The fraction of sp³-hybridized carbons (Fsp3) is 0.556. The first-order valence-electron chi connectivity index (χ1n) is 8.55. The zero-order valence-electron chi connectivity index (χ0n) is 14.3. The summed E-state index contributed by atoms with van der Waals surface area (Å²) in [5, 5.41) is 13.7. The Bertz CT molecular complexity index is 663. The summed E-state index contributed by atoms with van der Waals surface area (Å²) in [6.45, 7) is 3.82. The van der Waals surface area contributed by atoms with Crippen LogP contribution in [-0.4, -0.2) is 27.7 Å². The molecule has 3 rings (SSSR count). The lowest BCUT2D eigenvalue weighted by Gasteiger charge is -2.23. The predicted octanol–water partition coefficient (Wildman–Crippen LogP) is 3.41. The summed E-state index contributed by atoms with van der Waals surface area (Å²) >= 11 is 0. The molecule has 0 amide bonds. The van der Waals surface area contributed by atoms with E-state index >= 15 is 0 Å². The van der Waals surface area contributed by atoms with Crippen molar-refractivity contribution >= 4 is 5.82 Å². The quantitative estimate of drug-likeness (QED) is 0.844. The van der Waals surface area contributed by atoms with Crippen molar-refractivity contribution in [2.75, 3.05) is 11.9 Å². The number of nitrogens with one attached hydrogen (secondary N) is 1. The lowest BCUT2D eigenvalue weighted by atomic mass is 9.98. The summed E-state index contributed by atoms with van der Waals surface area (Å²) in [4.78, 5) is 8.60. The Labute approximate surface area is 142 Å². The van der Waals surface area contributed by atoms with E-state index in [1.165, 1.54) is 19.3 Å². The zero-order valence-corrected chi connectivity index (χ0v) is 14.3. The molecule has 1 aliphatic carbocycles. The number of rotatable bonds is 6. The van der Waals surface area contributed by atoms with E-state index in [1.54, 1.807) is 25.4 Å². The summed E-state index contributed by atoms with van der Waals surface area (Å²) in [6.07, 6.45) is 9.35. The molecule has 6 nitrogen and oxygen atoms in total. The molecule has 0 aliphatic heterocycles. The van der Waals surface area contributed by atoms with Gasteiger partial charge in [-0.25, -0.2) is 0 Å². The maximum absolute atomic E-state index is 10.6. The molecule has 0 saturated heterocycles. The highest BCUT2D eigenvalue weighted by atomic mass is 16.5. The molecule has 1 fully saturated rings. The molecule has 1 unspecified atom stereocenters. The molecule has 130 valence electrons. The highest BCUT2D eigenvalue weighted by molar-refractivity contribution is 5.34. The minimum atomic E-state index is -1.13. The van der Waals surface area contributed by atoms with Gasteiger partial charge in [-0.15, -0.1) is 0 Å². The number of aromatic nitrogens is 2.